The van der Waals surface area contributed by atoms with E-state index < -0.39 is 11.6 Å². The largest absolute Gasteiger partial charge is 0.594 e. The van der Waals surface area contributed by atoms with E-state index >= 15 is 0 Å². The van der Waals surface area contributed by atoms with Gasteiger partial charge in [-0.2, -0.15) is 5.26 Å². The number of rotatable bonds is 1. The van der Waals surface area contributed by atoms with E-state index in [1.807, 2.05) is 12.1 Å². The number of ketones is 1. The zero-order valence-corrected chi connectivity index (χ0v) is 10.2. The number of hydroxylamine groups is 1. The Morgan fingerprint density at radius 2 is 2.21 bits per heavy atom. The normalized spacial score (nSPS) is 29.6. The highest BCUT2D eigenvalue weighted by molar-refractivity contribution is 6.47. The molecule has 3 rings (SSSR count). The Bertz CT molecular complexity index is 620. The molecule has 6 heteroatoms. The topological polar surface area (TPSA) is 79.4 Å². The number of carbonyl (C=O) groups is 1. The highest BCUT2D eigenvalue weighted by Crippen LogP contribution is 2.37. The number of Topliss-reactive ketones (excluding diaryl/α,β-unsaturated/α-hetero) is 1. The third-order valence-electron chi connectivity index (χ3n) is 3.48. The molecule has 1 aromatic rings. The van der Waals surface area contributed by atoms with Crippen LogP contribution in [0.1, 0.15) is 18.9 Å². The molecule has 1 aromatic carbocycles. The predicted octanol–water partition coefficient (Wildman–Crippen LogP) is 0.772. The average molecular weight is 257 g/mol. The lowest BCUT2D eigenvalue weighted by Gasteiger charge is -2.18. The molecule has 2 atom stereocenters. The first-order valence-corrected chi connectivity index (χ1v) is 5.89. The van der Waals surface area contributed by atoms with Crippen LogP contribution in [-0.4, -0.2) is 33.2 Å². The molecular formula is C13H11N3O3. The lowest BCUT2D eigenvalue weighted by molar-refractivity contribution is -0.717. The second-order valence-corrected chi connectivity index (χ2v) is 4.79. The standard InChI is InChI=1S/C13H11N3O3/c1-13-7-10(8-14)19-16(13)15(18)11(12(13)17)9-5-3-2-4-6-9/h2-6,10H,7H2,1H3/t10-,13-/m0/s1. The fraction of sp³-hybridized carbons (Fsp3) is 0.308. The Balaban J connectivity index is 2.08. The highest BCUT2D eigenvalue weighted by Gasteiger charge is 2.62. The first-order chi connectivity index (χ1) is 9.08. The summed E-state index contributed by atoms with van der Waals surface area (Å²) in [7, 11) is 0. The molecule has 2 heterocycles. The van der Waals surface area contributed by atoms with Crippen molar-refractivity contribution in [2.45, 2.75) is 25.0 Å². The van der Waals surface area contributed by atoms with E-state index in [1.54, 1.807) is 31.2 Å². The molecule has 0 saturated carbocycles. The van der Waals surface area contributed by atoms with Crippen LogP contribution in [0.25, 0.3) is 0 Å². The van der Waals surface area contributed by atoms with Gasteiger partial charge in [-0.3, -0.25) is 4.79 Å². The third kappa shape index (κ3) is 1.45. The predicted molar refractivity (Wildman–Crippen MR) is 64.5 cm³/mol. The lowest BCUT2D eigenvalue weighted by Crippen LogP contribution is -2.43. The summed E-state index contributed by atoms with van der Waals surface area (Å²) in [5.41, 5.74) is -0.484. The van der Waals surface area contributed by atoms with Gasteiger partial charge in [-0.05, 0) is 29.1 Å². The van der Waals surface area contributed by atoms with Crippen molar-refractivity contribution in [3.63, 3.8) is 0 Å². The number of nitriles is 1. The van der Waals surface area contributed by atoms with Crippen molar-refractivity contribution in [3.8, 4) is 6.07 Å². The van der Waals surface area contributed by atoms with Gasteiger partial charge in [-0.15, -0.1) is 0 Å². The number of benzene rings is 1. The Labute approximate surface area is 109 Å². The van der Waals surface area contributed by atoms with Gasteiger partial charge in [-0.25, -0.2) is 4.84 Å². The SMILES string of the molecule is C[C@@]12C[C@@H](C#N)ON1[N+]([O-])=C(c1ccccc1)C2=O. The van der Waals surface area contributed by atoms with Gasteiger partial charge in [-0.1, -0.05) is 18.2 Å². The smallest absolute Gasteiger partial charge is 0.297 e. The molecular weight excluding hydrogens is 246 g/mol. The number of carbonyl (C=O) groups excluding carboxylic acids is 1. The van der Waals surface area contributed by atoms with E-state index in [0.29, 0.717) is 10.4 Å². The zero-order valence-electron chi connectivity index (χ0n) is 10.2. The number of hydrazone groups is 1. The van der Waals surface area contributed by atoms with E-state index in [0.717, 1.165) is 5.17 Å². The minimum Gasteiger partial charge on any atom is -0.594 e. The van der Waals surface area contributed by atoms with Gasteiger partial charge in [0.05, 0.1) is 11.6 Å². The van der Waals surface area contributed by atoms with Crippen LogP contribution in [-0.2, 0) is 9.63 Å². The first-order valence-electron chi connectivity index (χ1n) is 5.89. The molecule has 19 heavy (non-hydrogen) atoms. The number of fused-ring (bicyclic) bond motifs is 1. The van der Waals surface area contributed by atoms with Crippen molar-refractivity contribution in [2.75, 3.05) is 0 Å². The summed E-state index contributed by atoms with van der Waals surface area (Å²) in [5, 5.41) is 22.0. The summed E-state index contributed by atoms with van der Waals surface area (Å²) < 4.78 is 0. The Hall–Kier alpha value is -2.39. The molecule has 0 N–H and O–H groups in total. The van der Waals surface area contributed by atoms with Gasteiger partial charge < -0.3 is 5.21 Å². The molecule has 1 fully saturated rings. The zero-order chi connectivity index (χ0) is 13.6. The van der Waals surface area contributed by atoms with Crippen LogP contribution in [0, 0.1) is 16.5 Å². The van der Waals surface area contributed by atoms with Crippen molar-refractivity contribution in [2.24, 2.45) is 0 Å². The van der Waals surface area contributed by atoms with Crippen LogP contribution >= 0.6 is 0 Å². The minimum absolute atomic E-state index is 0.0551. The molecule has 0 spiro atoms. The molecule has 0 aliphatic carbocycles. The van der Waals surface area contributed by atoms with Crippen LogP contribution < -0.4 is 0 Å². The van der Waals surface area contributed by atoms with Crippen molar-refractivity contribution >= 4 is 11.5 Å². The summed E-state index contributed by atoms with van der Waals surface area (Å²) in [5.74, 6) is -0.313. The molecule has 0 amide bonds. The number of hydrazine groups is 1. The fourth-order valence-electron chi connectivity index (χ4n) is 2.48. The van der Waals surface area contributed by atoms with Gasteiger partial charge >= 0.3 is 0 Å². The highest BCUT2D eigenvalue weighted by atomic mass is 16.8. The molecule has 2 aliphatic rings. The van der Waals surface area contributed by atoms with Gasteiger partial charge in [0.25, 0.3) is 11.5 Å². The van der Waals surface area contributed by atoms with E-state index in [2.05, 4.69) is 0 Å². The van der Waals surface area contributed by atoms with Crippen molar-refractivity contribution in [3.05, 3.63) is 41.1 Å². The second kappa shape index (κ2) is 3.80. The number of hydrogen-bond donors (Lipinski definition) is 0. The Morgan fingerprint density at radius 1 is 1.53 bits per heavy atom. The molecule has 0 radical (unpaired) electrons. The van der Waals surface area contributed by atoms with Crippen molar-refractivity contribution < 1.29 is 14.5 Å². The number of nitrogens with zero attached hydrogens (tertiary/aromatic N) is 3. The summed E-state index contributed by atoms with van der Waals surface area (Å²) in [6, 6.07) is 10.6. The number of hydrogen-bond acceptors (Lipinski definition) is 5. The second-order valence-electron chi connectivity index (χ2n) is 4.79. The summed E-state index contributed by atoms with van der Waals surface area (Å²) >= 11 is 0. The molecule has 6 nitrogen and oxygen atoms in total. The maximum atomic E-state index is 12.5. The van der Waals surface area contributed by atoms with E-state index in [-0.39, 0.29) is 17.9 Å². The van der Waals surface area contributed by atoms with Crippen molar-refractivity contribution in [1.82, 2.24) is 5.17 Å². The maximum absolute atomic E-state index is 12.5. The quantitative estimate of drug-likeness (QED) is 0.548. The van der Waals surface area contributed by atoms with Crippen LogP contribution in [0.2, 0.25) is 0 Å². The van der Waals surface area contributed by atoms with Crippen LogP contribution in [0.15, 0.2) is 30.3 Å². The maximum Gasteiger partial charge on any atom is 0.297 e. The monoisotopic (exact) mass is 257 g/mol. The molecule has 0 unspecified atom stereocenters. The third-order valence-corrected chi connectivity index (χ3v) is 3.48. The molecule has 0 aromatic heterocycles. The average Bonchev–Trinajstić information content (AvgIpc) is 2.85. The van der Waals surface area contributed by atoms with E-state index in [4.69, 9.17) is 10.1 Å². The van der Waals surface area contributed by atoms with Gasteiger partial charge in [0.1, 0.15) is 0 Å². The van der Waals surface area contributed by atoms with Gasteiger partial charge in [0.15, 0.2) is 11.6 Å². The van der Waals surface area contributed by atoms with Crippen LogP contribution in [0.5, 0.6) is 0 Å². The molecule has 1 saturated heterocycles. The molecule has 96 valence electrons. The van der Waals surface area contributed by atoms with Crippen LogP contribution in [0.4, 0.5) is 0 Å². The van der Waals surface area contributed by atoms with Crippen molar-refractivity contribution in [1.29, 1.82) is 5.26 Å². The summed E-state index contributed by atoms with van der Waals surface area (Å²) in [6.45, 7) is 1.62. The lowest BCUT2D eigenvalue weighted by atomic mass is 9.88. The first kappa shape index (κ1) is 11.7. The van der Waals surface area contributed by atoms with Crippen LogP contribution in [0.3, 0.4) is 0 Å². The fourth-order valence-corrected chi connectivity index (χ4v) is 2.48. The van der Waals surface area contributed by atoms with E-state index in [1.165, 1.54) is 0 Å². The molecule has 2 aliphatic heterocycles. The Kier molecular flexibility index (Phi) is 2.34. The summed E-state index contributed by atoms with van der Waals surface area (Å²) in [6.07, 6.45) is -0.569. The summed E-state index contributed by atoms with van der Waals surface area (Å²) in [4.78, 5) is 18.1. The van der Waals surface area contributed by atoms with E-state index in [9.17, 15) is 10.0 Å². The van der Waals surface area contributed by atoms with Gasteiger partial charge in [0.2, 0.25) is 0 Å². The Morgan fingerprint density at radius 3 is 2.79 bits per heavy atom. The van der Waals surface area contributed by atoms with Gasteiger partial charge in [0, 0.05) is 6.42 Å². The minimum atomic E-state index is -1.09. The molecule has 0 bridgehead atoms.